The monoisotopic (exact) mass is 286 g/mol. The lowest BCUT2D eigenvalue weighted by Crippen LogP contribution is -2.45. The van der Waals surface area contributed by atoms with Crippen LogP contribution < -0.4 is 10.6 Å². The van der Waals surface area contributed by atoms with Gasteiger partial charge in [0.25, 0.3) is 0 Å². The van der Waals surface area contributed by atoms with Crippen molar-refractivity contribution in [3.05, 3.63) is 42.5 Å². The fourth-order valence-electron chi connectivity index (χ4n) is 2.36. The Morgan fingerprint density at radius 3 is 2.52 bits per heavy atom. The molecule has 5 heteroatoms. The Morgan fingerprint density at radius 1 is 1.19 bits per heavy atom. The third-order valence-corrected chi connectivity index (χ3v) is 3.35. The van der Waals surface area contributed by atoms with Gasteiger partial charge in [0.15, 0.2) is 0 Å². The fraction of sp³-hybridized carbons (Fsp3) is 0.250. The molecule has 0 aliphatic rings. The average Bonchev–Trinajstić information content (AvgIpc) is 2.47. The molecular weight excluding hydrogens is 268 g/mol. The highest BCUT2D eigenvalue weighted by atomic mass is 16.4. The van der Waals surface area contributed by atoms with Crippen molar-refractivity contribution >= 4 is 28.3 Å². The molecule has 0 bridgehead atoms. The predicted octanol–water partition coefficient (Wildman–Crippen LogP) is 1.99. The van der Waals surface area contributed by atoms with Gasteiger partial charge in [-0.05, 0) is 18.4 Å². The minimum atomic E-state index is -1.08. The van der Waals surface area contributed by atoms with Gasteiger partial charge in [-0.15, -0.1) is 0 Å². The first kappa shape index (κ1) is 15.0. The predicted molar refractivity (Wildman–Crippen MR) is 82.2 cm³/mol. The number of amides is 1. The maximum absolute atomic E-state index is 12.4. The minimum absolute atomic E-state index is 0.375. The largest absolute Gasteiger partial charge is 0.481 e. The Labute approximate surface area is 123 Å². The van der Waals surface area contributed by atoms with Gasteiger partial charge >= 0.3 is 5.97 Å². The van der Waals surface area contributed by atoms with Crippen molar-refractivity contribution in [3.63, 3.8) is 0 Å². The van der Waals surface area contributed by atoms with Crippen molar-refractivity contribution < 1.29 is 14.7 Å². The second-order valence-electron chi connectivity index (χ2n) is 4.79. The molecule has 0 aliphatic carbocycles. The number of carboxylic acid groups (broad SMARTS) is 1. The van der Waals surface area contributed by atoms with Gasteiger partial charge < -0.3 is 15.7 Å². The van der Waals surface area contributed by atoms with Crippen LogP contribution in [-0.4, -0.2) is 29.6 Å². The minimum Gasteiger partial charge on any atom is -0.481 e. The molecule has 0 radical (unpaired) electrons. The topological polar surface area (TPSA) is 83.6 Å². The van der Waals surface area contributed by atoms with Gasteiger partial charge in [0, 0.05) is 11.9 Å². The van der Waals surface area contributed by atoms with Crippen molar-refractivity contribution in [2.24, 2.45) is 5.73 Å². The van der Waals surface area contributed by atoms with Crippen LogP contribution in [0.5, 0.6) is 0 Å². The molecule has 1 amide bonds. The SMILES string of the molecule is CCN(C(=O)C(N)CC(=O)O)c1cccc2ccccc12. The second-order valence-corrected chi connectivity index (χ2v) is 4.79. The molecule has 0 spiro atoms. The summed E-state index contributed by atoms with van der Waals surface area (Å²) in [5.74, 6) is -1.46. The number of hydrogen-bond acceptors (Lipinski definition) is 3. The lowest BCUT2D eigenvalue weighted by Gasteiger charge is -2.25. The van der Waals surface area contributed by atoms with E-state index in [1.165, 1.54) is 4.90 Å². The normalized spacial score (nSPS) is 12.1. The molecule has 110 valence electrons. The van der Waals surface area contributed by atoms with Crippen molar-refractivity contribution in [1.29, 1.82) is 0 Å². The molecular formula is C16H18N2O3. The summed E-state index contributed by atoms with van der Waals surface area (Å²) < 4.78 is 0. The third-order valence-electron chi connectivity index (χ3n) is 3.35. The van der Waals surface area contributed by atoms with Gasteiger partial charge in [-0.1, -0.05) is 36.4 Å². The fourth-order valence-corrected chi connectivity index (χ4v) is 2.36. The van der Waals surface area contributed by atoms with E-state index in [0.29, 0.717) is 6.54 Å². The number of hydrogen-bond donors (Lipinski definition) is 2. The molecule has 21 heavy (non-hydrogen) atoms. The second kappa shape index (κ2) is 6.37. The molecule has 2 aromatic carbocycles. The summed E-state index contributed by atoms with van der Waals surface area (Å²) in [7, 11) is 0. The van der Waals surface area contributed by atoms with Gasteiger partial charge in [0.1, 0.15) is 0 Å². The first-order chi connectivity index (χ1) is 10.0. The summed E-state index contributed by atoms with van der Waals surface area (Å²) in [6.07, 6.45) is -0.375. The summed E-state index contributed by atoms with van der Waals surface area (Å²) in [5, 5.41) is 10.7. The maximum Gasteiger partial charge on any atom is 0.305 e. The van der Waals surface area contributed by atoms with E-state index in [9.17, 15) is 9.59 Å². The van der Waals surface area contributed by atoms with Crippen LogP contribution in [-0.2, 0) is 9.59 Å². The molecule has 0 aromatic heterocycles. The smallest absolute Gasteiger partial charge is 0.305 e. The molecule has 1 unspecified atom stereocenters. The Balaban J connectivity index is 2.40. The van der Waals surface area contributed by atoms with Crippen LogP contribution in [0.3, 0.4) is 0 Å². The van der Waals surface area contributed by atoms with Gasteiger partial charge in [0.2, 0.25) is 5.91 Å². The van der Waals surface area contributed by atoms with E-state index in [1.807, 2.05) is 49.4 Å². The molecule has 3 N–H and O–H groups in total. The van der Waals surface area contributed by atoms with E-state index < -0.39 is 12.0 Å². The van der Waals surface area contributed by atoms with Crippen LogP contribution in [0, 0.1) is 0 Å². The Bertz CT molecular complexity index is 664. The molecule has 0 aliphatic heterocycles. The Hall–Kier alpha value is -2.40. The average molecular weight is 286 g/mol. The summed E-state index contributed by atoms with van der Waals surface area (Å²) in [6.45, 7) is 2.27. The lowest BCUT2D eigenvalue weighted by molar-refractivity contribution is -0.139. The number of nitrogens with two attached hydrogens (primary N) is 1. The first-order valence-electron chi connectivity index (χ1n) is 6.81. The van der Waals surface area contributed by atoms with Gasteiger partial charge in [-0.3, -0.25) is 9.59 Å². The van der Waals surface area contributed by atoms with Crippen molar-refractivity contribution in [1.82, 2.24) is 0 Å². The van der Waals surface area contributed by atoms with Crippen LogP contribution in [0.25, 0.3) is 10.8 Å². The molecule has 0 heterocycles. The van der Waals surface area contributed by atoms with Crippen LogP contribution in [0.1, 0.15) is 13.3 Å². The maximum atomic E-state index is 12.4. The van der Waals surface area contributed by atoms with E-state index in [4.69, 9.17) is 10.8 Å². The van der Waals surface area contributed by atoms with Crippen molar-refractivity contribution in [3.8, 4) is 0 Å². The summed E-state index contributed by atoms with van der Waals surface area (Å²) in [5.41, 5.74) is 6.46. The number of fused-ring (bicyclic) bond motifs is 1. The number of carbonyl (C=O) groups excluding carboxylic acids is 1. The molecule has 2 aromatic rings. The number of carboxylic acids is 1. The highest BCUT2D eigenvalue weighted by Gasteiger charge is 2.24. The van der Waals surface area contributed by atoms with E-state index in [-0.39, 0.29) is 12.3 Å². The number of aliphatic carboxylic acids is 1. The lowest BCUT2D eigenvalue weighted by atomic mass is 10.1. The van der Waals surface area contributed by atoms with Crippen molar-refractivity contribution in [2.45, 2.75) is 19.4 Å². The van der Waals surface area contributed by atoms with Gasteiger partial charge in [0.05, 0.1) is 18.2 Å². The van der Waals surface area contributed by atoms with Crippen LogP contribution in [0.2, 0.25) is 0 Å². The number of benzene rings is 2. The van der Waals surface area contributed by atoms with E-state index in [0.717, 1.165) is 16.5 Å². The standard InChI is InChI=1S/C16H18N2O3/c1-2-18(16(21)13(17)10-15(19)20)14-9-5-7-11-6-3-4-8-12(11)14/h3-9,13H,2,10,17H2,1H3,(H,19,20). The first-order valence-corrected chi connectivity index (χ1v) is 6.81. The summed E-state index contributed by atoms with van der Waals surface area (Å²) in [4.78, 5) is 24.7. The quantitative estimate of drug-likeness (QED) is 0.880. The Kier molecular flexibility index (Phi) is 4.55. The molecule has 0 fully saturated rings. The molecule has 0 saturated heterocycles. The molecule has 5 nitrogen and oxygen atoms in total. The number of likely N-dealkylation sites (N-methyl/N-ethyl adjacent to an activating group) is 1. The van der Waals surface area contributed by atoms with Crippen LogP contribution in [0.15, 0.2) is 42.5 Å². The third kappa shape index (κ3) is 3.20. The Morgan fingerprint density at radius 2 is 1.86 bits per heavy atom. The molecule has 0 saturated carbocycles. The zero-order valence-electron chi connectivity index (χ0n) is 11.8. The summed E-state index contributed by atoms with van der Waals surface area (Å²) >= 11 is 0. The zero-order chi connectivity index (χ0) is 15.4. The molecule has 2 rings (SSSR count). The zero-order valence-corrected chi connectivity index (χ0v) is 11.8. The highest BCUT2D eigenvalue weighted by Crippen LogP contribution is 2.27. The number of carbonyl (C=O) groups is 2. The van der Waals surface area contributed by atoms with Gasteiger partial charge in [-0.2, -0.15) is 0 Å². The molecule has 1 atom stereocenters. The van der Waals surface area contributed by atoms with E-state index >= 15 is 0 Å². The van der Waals surface area contributed by atoms with Crippen LogP contribution >= 0.6 is 0 Å². The number of rotatable bonds is 5. The highest BCUT2D eigenvalue weighted by molar-refractivity contribution is 6.06. The summed E-state index contributed by atoms with van der Waals surface area (Å²) in [6, 6.07) is 12.4. The number of nitrogens with zero attached hydrogens (tertiary/aromatic N) is 1. The van der Waals surface area contributed by atoms with Crippen molar-refractivity contribution in [2.75, 3.05) is 11.4 Å². The number of anilines is 1. The van der Waals surface area contributed by atoms with Crippen LogP contribution in [0.4, 0.5) is 5.69 Å². The van der Waals surface area contributed by atoms with E-state index in [1.54, 1.807) is 0 Å². The van der Waals surface area contributed by atoms with E-state index in [2.05, 4.69) is 0 Å². The van der Waals surface area contributed by atoms with Gasteiger partial charge in [-0.25, -0.2) is 0 Å².